The summed E-state index contributed by atoms with van der Waals surface area (Å²) in [5, 5.41) is 2.86. The second-order valence-corrected chi connectivity index (χ2v) is 9.82. The summed E-state index contributed by atoms with van der Waals surface area (Å²) in [6.07, 6.45) is 4.09. The van der Waals surface area contributed by atoms with E-state index in [1.165, 1.54) is 5.56 Å². The lowest BCUT2D eigenvalue weighted by Gasteiger charge is -2.23. The molecule has 6 heteroatoms. The van der Waals surface area contributed by atoms with Crippen molar-refractivity contribution in [3.05, 3.63) is 118 Å². The fraction of sp³-hybridized carbons (Fsp3) is 0.172. The Morgan fingerprint density at radius 2 is 1.57 bits per heavy atom. The molecule has 0 radical (unpaired) electrons. The first-order chi connectivity index (χ1) is 17.2. The molecule has 0 aliphatic heterocycles. The molecular weight excluding hydrogens is 474 g/mol. The van der Waals surface area contributed by atoms with Crippen LogP contribution in [0.15, 0.2) is 96.5 Å². The van der Waals surface area contributed by atoms with Crippen LogP contribution in [-0.2, 0) is 24.2 Å². The number of rotatable bonds is 9. The third kappa shape index (κ3) is 5.81. The summed E-state index contributed by atoms with van der Waals surface area (Å²) in [6, 6.07) is 28.1. The molecule has 0 spiro atoms. The molecule has 35 heavy (non-hydrogen) atoms. The van der Waals surface area contributed by atoms with E-state index in [0.29, 0.717) is 24.5 Å². The molecule has 4 nitrogen and oxygen atoms in total. The Bertz CT molecular complexity index is 1390. The number of hydrogen-bond donors (Lipinski definition) is 0. The van der Waals surface area contributed by atoms with Crippen molar-refractivity contribution in [2.75, 3.05) is 6.54 Å². The van der Waals surface area contributed by atoms with Gasteiger partial charge in [-0.2, -0.15) is 0 Å². The Hall–Kier alpha value is -3.41. The number of benzene rings is 3. The molecule has 0 aliphatic rings. The summed E-state index contributed by atoms with van der Waals surface area (Å²) in [6.45, 7) is 1.27. The van der Waals surface area contributed by atoms with Gasteiger partial charge in [-0.25, -0.2) is 4.98 Å². The Balaban J connectivity index is 1.31. The van der Waals surface area contributed by atoms with Crippen molar-refractivity contribution in [1.82, 2.24) is 14.3 Å². The average Bonchev–Trinajstić information content (AvgIpc) is 3.48. The summed E-state index contributed by atoms with van der Waals surface area (Å²) >= 11 is 7.66. The van der Waals surface area contributed by atoms with Crippen LogP contribution in [0.5, 0.6) is 0 Å². The van der Waals surface area contributed by atoms with Gasteiger partial charge in [0.2, 0.25) is 5.91 Å². The van der Waals surface area contributed by atoms with Crippen LogP contribution >= 0.6 is 22.9 Å². The number of amides is 1. The predicted molar refractivity (Wildman–Crippen MR) is 144 cm³/mol. The van der Waals surface area contributed by atoms with Crippen molar-refractivity contribution < 1.29 is 4.79 Å². The summed E-state index contributed by atoms with van der Waals surface area (Å²) < 4.78 is 2.14. The quantitative estimate of drug-likeness (QED) is 0.221. The first-order valence-electron chi connectivity index (χ1n) is 11.7. The molecule has 0 saturated heterocycles. The maximum atomic E-state index is 13.3. The van der Waals surface area contributed by atoms with Gasteiger partial charge in [0, 0.05) is 53.8 Å². The molecule has 0 N–H and O–H groups in total. The van der Waals surface area contributed by atoms with Gasteiger partial charge in [-0.05, 0) is 29.7 Å². The van der Waals surface area contributed by atoms with Crippen LogP contribution < -0.4 is 0 Å². The van der Waals surface area contributed by atoms with Crippen molar-refractivity contribution in [1.29, 1.82) is 0 Å². The van der Waals surface area contributed by atoms with Crippen LogP contribution in [0.2, 0.25) is 5.02 Å². The van der Waals surface area contributed by atoms with Gasteiger partial charge in [-0.3, -0.25) is 9.20 Å². The molecule has 0 atom stereocenters. The summed E-state index contributed by atoms with van der Waals surface area (Å²) in [5.74, 6) is 0.177. The van der Waals surface area contributed by atoms with E-state index in [0.717, 1.165) is 40.3 Å². The number of halogens is 1. The lowest BCUT2D eigenvalue weighted by atomic mass is 10.1. The predicted octanol–water partition coefficient (Wildman–Crippen LogP) is 6.92. The highest BCUT2D eigenvalue weighted by molar-refractivity contribution is 7.15. The highest BCUT2D eigenvalue weighted by Crippen LogP contribution is 2.25. The van der Waals surface area contributed by atoms with Gasteiger partial charge < -0.3 is 4.90 Å². The molecule has 1 amide bonds. The van der Waals surface area contributed by atoms with Crippen LogP contribution in [0.3, 0.4) is 0 Å². The van der Waals surface area contributed by atoms with Crippen molar-refractivity contribution in [3.8, 4) is 11.3 Å². The molecule has 176 valence electrons. The molecule has 0 unspecified atom stereocenters. The topological polar surface area (TPSA) is 37.6 Å². The SMILES string of the molecule is O=C(CCc1ccccc1)N(CCc1csc2nc(-c3ccc(Cl)cc3)cn12)Cc1ccccc1. The first-order valence-corrected chi connectivity index (χ1v) is 13.0. The Kier molecular flexibility index (Phi) is 7.26. The van der Waals surface area contributed by atoms with Crippen LogP contribution in [0.4, 0.5) is 0 Å². The van der Waals surface area contributed by atoms with Crippen molar-refractivity contribution in [2.24, 2.45) is 0 Å². The lowest BCUT2D eigenvalue weighted by Crippen LogP contribution is -2.32. The largest absolute Gasteiger partial charge is 0.338 e. The second kappa shape index (κ2) is 10.9. The molecule has 2 aromatic heterocycles. The number of aromatic nitrogens is 2. The van der Waals surface area contributed by atoms with Crippen LogP contribution in [0, 0.1) is 0 Å². The van der Waals surface area contributed by atoms with Crippen molar-refractivity contribution in [2.45, 2.75) is 25.8 Å². The minimum atomic E-state index is 0.177. The molecule has 0 aliphatic carbocycles. The molecule has 0 saturated carbocycles. The highest BCUT2D eigenvalue weighted by atomic mass is 35.5. The number of imidazole rings is 1. The van der Waals surface area contributed by atoms with E-state index in [1.54, 1.807) is 11.3 Å². The maximum absolute atomic E-state index is 13.3. The molecule has 0 bridgehead atoms. The fourth-order valence-electron chi connectivity index (χ4n) is 4.17. The monoisotopic (exact) mass is 499 g/mol. The van der Waals surface area contributed by atoms with Gasteiger partial charge in [0.25, 0.3) is 0 Å². The molecule has 5 rings (SSSR count). The van der Waals surface area contributed by atoms with Gasteiger partial charge >= 0.3 is 0 Å². The van der Waals surface area contributed by atoms with Crippen molar-refractivity contribution >= 4 is 33.8 Å². The number of carbonyl (C=O) groups excluding carboxylic acids is 1. The maximum Gasteiger partial charge on any atom is 0.223 e. The van der Waals surface area contributed by atoms with E-state index in [9.17, 15) is 4.79 Å². The summed E-state index contributed by atoms with van der Waals surface area (Å²) in [4.78, 5) is 21.0. The molecule has 3 aromatic carbocycles. The Morgan fingerprint density at radius 1 is 0.886 bits per heavy atom. The molecule has 2 heterocycles. The summed E-state index contributed by atoms with van der Waals surface area (Å²) in [5.41, 5.74) is 5.46. The molecule has 0 fully saturated rings. The number of hydrogen-bond acceptors (Lipinski definition) is 3. The average molecular weight is 500 g/mol. The number of aryl methyl sites for hydroxylation is 1. The standard InChI is InChI=1S/C29H26ClN3OS/c30-25-14-12-24(13-15-25)27-20-33-26(21-35-29(33)31-27)17-18-32(19-23-9-5-2-6-10-23)28(34)16-11-22-7-3-1-4-8-22/h1-10,12-15,20-21H,11,16-19H2. The zero-order chi connectivity index (χ0) is 24.0. The smallest absolute Gasteiger partial charge is 0.223 e. The molecular formula is C29H26ClN3OS. The highest BCUT2D eigenvalue weighted by Gasteiger charge is 2.16. The van der Waals surface area contributed by atoms with Gasteiger partial charge in [0.15, 0.2) is 4.96 Å². The summed E-state index contributed by atoms with van der Waals surface area (Å²) in [7, 11) is 0. The minimum Gasteiger partial charge on any atom is -0.338 e. The van der Waals surface area contributed by atoms with Gasteiger partial charge in [-0.15, -0.1) is 11.3 Å². The number of thiazole rings is 1. The van der Waals surface area contributed by atoms with Crippen LogP contribution in [0.1, 0.15) is 23.2 Å². The van der Waals surface area contributed by atoms with E-state index in [2.05, 4.69) is 40.2 Å². The number of carbonyl (C=O) groups is 1. The zero-order valence-corrected chi connectivity index (χ0v) is 20.9. The fourth-order valence-corrected chi connectivity index (χ4v) is 5.20. The normalized spacial score (nSPS) is 11.1. The van der Waals surface area contributed by atoms with Crippen LogP contribution in [-0.4, -0.2) is 26.7 Å². The van der Waals surface area contributed by atoms with Crippen molar-refractivity contribution in [3.63, 3.8) is 0 Å². The van der Waals surface area contributed by atoms with Gasteiger partial charge in [0.05, 0.1) is 5.69 Å². The molecule has 5 aromatic rings. The number of nitrogens with zero attached hydrogens (tertiary/aromatic N) is 3. The van der Waals surface area contributed by atoms with Crippen LogP contribution in [0.25, 0.3) is 16.2 Å². The third-order valence-corrected chi connectivity index (χ3v) is 7.24. The van der Waals surface area contributed by atoms with E-state index in [4.69, 9.17) is 16.6 Å². The van der Waals surface area contributed by atoms with E-state index < -0.39 is 0 Å². The number of fused-ring (bicyclic) bond motifs is 1. The van der Waals surface area contributed by atoms with Gasteiger partial charge in [0.1, 0.15) is 0 Å². The van der Waals surface area contributed by atoms with Gasteiger partial charge in [-0.1, -0.05) is 84.4 Å². The Morgan fingerprint density at radius 3 is 2.29 bits per heavy atom. The lowest BCUT2D eigenvalue weighted by molar-refractivity contribution is -0.131. The van der Waals surface area contributed by atoms with E-state index in [-0.39, 0.29) is 5.91 Å². The van der Waals surface area contributed by atoms with E-state index in [1.807, 2.05) is 65.6 Å². The zero-order valence-electron chi connectivity index (χ0n) is 19.3. The second-order valence-electron chi connectivity index (χ2n) is 8.55. The Labute approximate surface area is 214 Å². The first kappa shape index (κ1) is 23.3. The van der Waals surface area contributed by atoms with E-state index >= 15 is 0 Å². The minimum absolute atomic E-state index is 0.177. The third-order valence-electron chi connectivity index (χ3n) is 6.10.